The molecule has 0 bridgehead atoms. The molecular weight excluding hydrogens is 300 g/mol. The van der Waals surface area contributed by atoms with Crippen LogP contribution in [-0.2, 0) is 10.2 Å². The van der Waals surface area contributed by atoms with Gasteiger partial charge in [-0.05, 0) is 44.0 Å². The fourth-order valence-electron chi connectivity index (χ4n) is 3.14. The van der Waals surface area contributed by atoms with Crippen molar-refractivity contribution in [2.24, 2.45) is 5.92 Å². The Balaban J connectivity index is 1.58. The van der Waals surface area contributed by atoms with Crippen LogP contribution >= 0.6 is 0 Å². The molecule has 4 heteroatoms. The number of likely N-dealkylation sites (tertiary alicyclic amines) is 1. The van der Waals surface area contributed by atoms with Crippen molar-refractivity contribution in [1.29, 1.82) is 0 Å². The lowest BCUT2D eigenvalue weighted by molar-refractivity contribution is -0.135. The number of hydrogen-bond donors (Lipinski definition) is 0. The van der Waals surface area contributed by atoms with Crippen molar-refractivity contribution in [2.45, 2.75) is 25.7 Å². The quantitative estimate of drug-likeness (QED) is 0.847. The van der Waals surface area contributed by atoms with E-state index in [1.165, 1.54) is 0 Å². The Morgan fingerprint density at radius 3 is 2.75 bits per heavy atom. The van der Waals surface area contributed by atoms with Gasteiger partial charge in [0.2, 0.25) is 5.91 Å². The summed E-state index contributed by atoms with van der Waals surface area (Å²) in [6.07, 6.45) is 4.50. The van der Waals surface area contributed by atoms with Gasteiger partial charge in [0.15, 0.2) is 0 Å². The molecule has 0 N–H and O–H groups in total. The summed E-state index contributed by atoms with van der Waals surface area (Å²) in [6, 6.07) is 13.7. The smallest absolute Gasteiger partial charge is 0.232 e. The van der Waals surface area contributed by atoms with E-state index in [4.69, 9.17) is 4.74 Å². The summed E-state index contributed by atoms with van der Waals surface area (Å²) in [5.41, 5.74) is 0.405. The number of amides is 1. The van der Waals surface area contributed by atoms with Gasteiger partial charge in [-0.3, -0.25) is 9.78 Å². The minimum Gasteiger partial charge on any atom is -0.493 e. The van der Waals surface area contributed by atoms with Gasteiger partial charge in [-0.15, -0.1) is 0 Å². The van der Waals surface area contributed by atoms with E-state index in [9.17, 15) is 4.79 Å². The molecule has 1 saturated heterocycles. The van der Waals surface area contributed by atoms with Crippen LogP contribution in [0.3, 0.4) is 0 Å². The first-order chi connectivity index (χ1) is 11.6. The SMILES string of the molecule is CC(C)(C(=O)N1CCC(COc2ccccc2)C1)c1cccnc1. The fraction of sp³-hybridized carbons (Fsp3) is 0.400. The van der Waals surface area contributed by atoms with Crippen LogP contribution in [0.2, 0.25) is 0 Å². The Bertz CT molecular complexity index is 671. The van der Waals surface area contributed by atoms with Crippen LogP contribution in [0.1, 0.15) is 25.8 Å². The van der Waals surface area contributed by atoms with Crippen molar-refractivity contribution in [3.63, 3.8) is 0 Å². The molecule has 2 aromatic rings. The van der Waals surface area contributed by atoms with E-state index in [0.717, 1.165) is 30.8 Å². The van der Waals surface area contributed by atoms with E-state index < -0.39 is 5.41 Å². The number of nitrogens with zero attached hydrogens (tertiary/aromatic N) is 2. The largest absolute Gasteiger partial charge is 0.493 e. The predicted molar refractivity (Wildman–Crippen MR) is 93.9 cm³/mol. The Morgan fingerprint density at radius 2 is 2.04 bits per heavy atom. The van der Waals surface area contributed by atoms with Gasteiger partial charge in [0.05, 0.1) is 12.0 Å². The number of carbonyl (C=O) groups excluding carboxylic acids is 1. The van der Waals surface area contributed by atoms with Crippen LogP contribution in [0.5, 0.6) is 5.75 Å². The van der Waals surface area contributed by atoms with Crippen molar-refractivity contribution >= 4 is 5.91 Å². The molecule has 1 atom stereocenters. The van der Waals surface area contributed by atoms with Gasteiger partial charge < -0.3 is 9.64 Å². The number of pyridine rings is 1. The maximum atomic E-state index is 12.9. The number of ether oxygens (including phenoxy) is 1. The second-order valence-electron chi connectivity index (χ2n) is 6.90. The van der Waals surface area contributed by atoms with Crippen molar-refractivity contribution in [3.8, 4) is 5.75 Å². The first-order valence-corrected chi connectivity index (χ1v) is 8.45. The Hall–Kier alpha value is -2.36. The minimum atomic E-state index is -0.552. The molecule has 1 aromatic heterocycles. The highest BCUT2D eigenvalue weighted by molar-refractivity contribution is 5.87. The van der Waals surface area contributed by atoms with Gasteiger partial charge in [0.1, 0.15) is 5.75 Å². The zero-order chi connectivity index (χ0) is 17.0. The summed E-state index contributed by atoms with van der Waals surface area (Å²) < 4.78 is 5.84. The molecule has 1 unspecified atom stereocenters. The normalized spacial score (nSPS) is 17.8. The van der Waals surface area contributed by atoms with Gasteiger partial charge >= 0.3 is 0 Å². The van der Waals surface area contributed by atoms with Crippen LogP contribution in [-0.4, -0.2) is 35.5 Å². The fourth-order valence-corrected chi connectivity index (χ4v) is 3.14. The van der Waals surface area contributed by atoms with Crippen molar-refractivity contribution in [1.82, 2.24) is 9.88 Å². The third-order valence-electron chi connectivity index (χ3n) is 4.72. The number of carbonyl (C=O) groups is 1. The second-order valence-corrected chi connectivity index (χ2v) is 6.90. The highest BCUT2D eigenvalue weighted by atomic mass is 16.5. The van der Waals surface area contributed by atoms with Crippen LogP contribution in [0, 0.1) is 5.92 Å². The van der Waals surface area contributed by atoms with Crippen molar-refractivity contribution < 1.29 is 9.53 Å². The van der Waals surface area contributed by atoms with E-state index >= 15 is 0 Å². The number of aromatic nitrogens is 1. The molecule has 2 heterocycles. The Labute approximate surface area is 143 Å². The molecule has 3 rings (SSSR count). The third-order valence-corrected chi connectivity index (χ3v) is 4.72. The molecule has 0 aliphatic carbocycles. The van der Waals surface area contributed by atoms with Crippen LogP contribution in [0.15, 0.2) is 54.9 Å². The highest BCUT2D eigenvalue weighted by Crippen LogP contribution is 2.28. The summed E-state index contributed by atoms with van der Waals surface area (Å²) >= 11 is 0. The number of rotatable bonds is 5. The summed E-state index contributed by atoms with van der Waals surface area (Å²) in [7, 11) is 0. The molecule has 0 saturated carbocycles. The van der Waals surface area contributed by atoms with Crippen molar-refractivity contribution in [3.05, 3.63) is 60.4 Å². The monoisotopic (exact) mass is 324 g/mol. The van der Waals surface area contributed by atoms with E-state index in [0.29, 0.717) is 12.5 Å². The van der Waals surface area contributed by atoms with Gasteiger partial charge in [-0.2, -0.15) is 0 Å². The third kappa shape index (κ3) is 3.58. The van der Waals surface area contributed by atoms with E-state index in [-0.39, 0.29) is 5.91 Å². The molecule has 0 spiro atoms. The van der Waals surface area contributed by atoms with Crippen LogP contribution in [0.25, 0.3) is 0 Å². The molecule has 1 aromatic carbocycles. The Morgan fingerprint density at radius 1 is 1.25 bits per heavy atom. The zero-order valence-electron chi connectivity index (χ0n) is 14.3. The molecule has 1 fully saturated rings. The standard InChI is InChI=1S/C20H24N2O2/c1-20(2,17-7-6-11-21-13-17)19(23)22-12-10-16(14-22)15-24-18-8-4-3-5-9-18/h3-9,11,13,16H,10,12,14-15H2,1-2H3. The molecular formula is C20H24N2O2. The molecule has 126 valence electrons. The lowest BCUT2D eigenvalue weighted by atomic mass is 9.84. The Kier molecular flexibility index (Phi) is 4.84. The van der Waals surface area contributed by atoms with Gasteiger partial charge in [-0.25, -0.2) is 0 Å². The summed E-state index contributed by atoms with van der Waals surface area (Å²) in [4.78, 5) is 19.1. The van der Waals surface area contributed by atoms with Crippen molar-refractivity contribution in [2.75, 3.05) is 19.7 Å². The highest BCUT2D eigenvalue weighted by Gasteiger charge is 2.37. The molecule has 4 nitrogen and oxygen atoms in total. The van der Waals surface area contributed by atoms with Gasteiger partial charge in [-0.1, -0.05) is 24.3 Å². The molecule has 1 amide bonds. The van der Waals surface area contributed by atoms with Crippen LogP contribution in [0.4, 0.5) is 0 Å². The molecule has 1 aliphatic heterocycles. The van der Waals surface area contributed by atoms with E-state index in [1.807, 2.05) is 61.2 Å². The summed E-state index contributed by atoms with van der Waals surface area (Å²) in [5, 5.41) is 0. The molecule has 0 radical (unpaired) electrons. The summed E-state index contributed by atoms with van der Waals surface area (Å²) in [6.45, 7) is 6.15. The number of hydrogen-bond acceptors (Lipinski definition) is 3. The molecule has 24 heavy (non-hydrogen) atoms. The van der Waals surface area contributed by atoms with Gasteiger partial charge in [0.25, 0.3) is 0 Å². The number of benzene rings is 1. The minimum absolute atomic E-state index is 0.165. The predicted octanol–water partition coefficient (Wildman–Crippen LogP) is 3.29. The maximum absolute atomic E-state index is 12.9. The average molecular weight is 324 g/mol. The van der Waals surface area contributed by atoms with E-state index in [2.05, 4.69) is 4.98 Å². The summed E-state index contributed by atoms with van der Waals surface area (Å²) in [5.74, 6) is 1.44. The number of para-hydroxylation sites is 1. The first kappa shape index (κ1) is 16.5. The van der Waals surface area contributed by atoms with Crippen LogP contribution < -0.4 is 4.74 Å². The topological polar surface area (TPSA) is 42.4 Å². The zero-order valence-corrected chi connectivity index (χ0v) is 14.3. The average Bonchev–Trinajstić information content (AvgIpc) is 3.10. The second kappa shape index (κ2) is 7.04. The lowest BCUT2D eigenvalue weighted by Crippen LogP contribution is -2.42. The first-order valence-electron chi connectivity index (χ1n) is 8.45. The van der Waals surface area contributed by atoms with E-state index in [1.54, 1.807) is 12.4 Å². The lowest BCUT2D eigenvalue weighted by Gasteiger charge is -2.29. The van der Waals surface area contributed by atoms with Gasteiger partial charge in [0, 0.05) is 31.4 Å². The maximum Gasteiger partial charge on any atom is 0.232 e. The molecule has 1 aliphatic rings.